The number of aromatic nitrogens is 3. The molecule has 1 N–H and O–H groups in total. The monoisotopic (exact) mass is 387 g/mol. The van der Waals surface area contributed by atoms with Gasteiger partial charge >= 0.3 is 5.97 Å². The van der Waals surface area contributed by atoms with E-state index in [2.05, 4.69) is 15.4 Å². The van der Waals surface area contributed by atoms with Gasteiger partial charge in [0.1, 0.15) is 12.7 Å². The fourth-order valence-electron chi connectivity index (χ4n) is 2.33. The molecule has 1 aromatic heterocycles. The molecule has 2 rings (SSSR count). The van der Waals surface area contributed by atoms with Crippen LogP contribution in [-0.4, -0.2) is 63.2 Å². The summed E-state index contributed by atoms with van der Waals surface area (Å²) in [5, 5.41) is 6.78. The predicted octanol–water partition coefficient (Wildman–Crippen LogP) is 0.856. The van der Waals surface area contributed by atoms with Gasteiger partial charge in [0.05, 0.1) is 18.7 Å². The zero-order chi connectivity index (χ0) is 20.7. The van der Waals surface area contributed by atoms with Crippen LogP contribution in [0.3, 0.4) is 0 Å². The van der Waals surface area contributed by atoms with Crippen molar-refractivity contribution in [2.75, 3.05) is 20.2 Å². The van der Waals surface area contributed by atoms with Gasteiger partial charge in [-0.2, -0.15) is 5.10 Å². The van der Waals surface area contributed by atoms with E-state index in [-0.39, 0.29) is 18.0 Å². The summed E-state index contributed by atoms with van der Waals surface area (Å²) in [4.78, 5) is 41.1. The van der Waals surface area contributed by atoms with Crippen molar-refractivity contribution in [2.45, 2.75) is 32.9 Å². The largest absolute Gasteiger partial charge is 0.452 e. The van der Waals surface area contributed by atoms with Crippen molar-refractivity contribution in [3.05, 3.63) is 48.0 Å². The fraction of sp³-hybridized carbons (Fsp3) is 0.421. The Balaban J connectivity index is 1.80. The van der Waals surface area contributed by atoms with Crippen LogP contribution in [0.25, 0.3) is 0 Å². The van der Waals surface area contributed by atoms with Crippen molar-refractivity contribution in [1.29, 1.82) is 0 Å². The Labute approximate surface area is 163 Å². The first-order chi connectivity index (χ1) is 13.1. The van der Waals surface area contributed by atoms with Crippen LogP contribution in [0, 0.1) is 0 Å². The average molecular weight is 387 g/mol. The number of amides is 2. The number of nitrogens with zero attached hydrogens (tertiary/aromatic N) is 4. The summed E-state index contributed by atoms with van der Waals surface area (Å²) in [6.45, 7) is 5.56. The second-order valence-electron chi connectivity index (χ2n) is 7.41. The standard InChI is InChI=1S/C19H25N5O4/c1-19(2,3)22-16(25)10-23(4)17(26)11-28-18(27)15-7-5-14(6-8-15)9-24-13-20-12-21-24/h5-8,12-13H,9-11H2,1-4H3,(H,22,25). The normalized spacial score (nSPS) is 11.0. The third-order valence-electron chi connectivity index (χ3n) is 3.65. The summed E-state index contributed by atoms with van der Waals surface area (Å²) in [5.41, 5.74) is 0.902. The summed E-state index contributed by atoms with van der Waals surface area (Å²) < 4.78 is 6.71. The minimum atomic E-state index is -0.604. The Morgan fingerprint density at radius 1 is 1.18 bits per heavy atom. The van der Waals surface area contributed by atoms with E-state index in [0.29, 0.717) is 12.1 Å². The smallest absolute Gasteiger partial charge is 0.338 e. The lowest BCUT2D eigenvalue weighted by Gasteiger charge is -2.23. The van der Waals surface area contributed by atoms with Crippen LogP contribution in [0.4, 0.5) is 0 Å². The number of esters is 1. The van der Waals surface area contributed by atoms with Crippen molar-refractivity contribution in [3.63, 3.8) is 0 Å². The molecular weight excluding hydrogens is 362 g/mol. The van der Waals surface area contributed by atoms with Gasteiger partial charge in [-0.25, -0.2) is 14.5 Å². The molecule has 0 unspecified atom stereocenters. The van der Waals surface area contributed by atoms with Gasteiger partial charge < -0.3 is 15.0 Å². The summed E-state index contributed by atoms with van der Waals surface area (Å²) in [6.07, 6.45) is 3.05. The van der Waals surface area contributed by atoms with E-state index in [1.807, 2.05) is 20.8 Å². The molecule has 9 heteroatoms. The van der Waals surface area contributed by atoms with Crippen molar-refractivity contribution in [3.8, 4) is 0 Å². The summed E-state index contributed by atoms with van der Waals surface area (Å²) in [7, 11) is 1.48. The van der Waals surface area contributed by atoms with Crippen LogP contribution in [0.1, 0.15) is 36.7 Å². The van der Waals surface area contributed by atoms with Crippen molar-refractivity contribution < 1.29 is 19.1 Å². The Morgan fingerprint density at radius 2 is 1.86 bits per heavy atom. The second-order valence-corrected chi connectivity index (χ2v) is 7.41. The number of likely N-dealkylation sites (N-methyl/N-ethyl adjacent to an activating group) is 1. The van der Waals surface area contributed by atoms with Crippen LogP contribution in [0.2, 0.25) is 0 Å². The van der Waals surface area contributed by atoms with Gasteiger partial charge in [0, 0.05) is 12.6 Å². The number of ether oxygens (including phenoxy) is 1. The van der Waals surface area contributed by atoms with Crippen molar-refractivity contribution >= 4 is 17.8 Å². The maximum atomic E-state index is 12.1. The molecule has 0 aliphatic heterocycles. The number of rotatable bonds is 7. The predicted molar refractivity (Wildman–Crippen MR) is 101 cm³/mol. The fourth-order valence-corrected chi connectivity index (χ4v) is 2.33. The summed E-state index contributed by atoms with van der Waals surface area (Å²) in [6, 6.07) is 6.81. The highest BCUT2D eigenvalue weighted by atomic mass is 16.5. The van der Waals surface area contributed by atoms with E-state index in [1.54, 1.807) is 35.3 Å². The maximum absolute atomic E-state index is 12.1. The van der Waals surface area contributed by atoms with E-state index in [1.165, 1.54) is 18.3 Å². The topological polar surface area (TPSA) is 106 Å². The van der Waals surface area contributed by atoms with E-state index in [9.17, 15) is 14.4 Å². The molecule has 1 aromatic carbocycles. The Kier molecular flexibility index (Phi) is 6.86. The van der Waals surface area contributed by atoms with E-state index < -0.39 is 18.5 Å². The van der Waals surface area contributed by atoms with E-state index in [0.717, 1.165) is 5.56 Å². The lowest BCUT2D eigenvalue weighted by Crippen LogP contribution is -2.46. The number of carbonyl (C=O) groups excluding carboxylic acids is 3. The quantitative estimate of drug-likeness (QED) is 0.706. The van der Waals surface area contributed by atoms with Crippen LogP contribution >= 0.6 is 0 Å². The highest BCUT2D eigenvalue weighted by Gasteiger charge is 2.19. The van der Waals surface area contributed by atoms with E-state index in [4.69, 9.17) is 4.74 Å². The van der Waals surface area contributed by atoms with Gasteiger partial charge in [0.15, 0.2) is 6.61 Å². The molecule has 0 fully saturated rings. The molecule has 0 radical (unpaired) electrons. The number of benzene rings is 1. The van der Waals surface area contributed by atoms with Gasteiger partial charge in [0.2, 0.25) is 5.91 Å². The number of carbonyl (C=O) groups is 3. The molecule has 9 nitrogen and oxygen atoms in total. The van der Waals surface area contributed by atoms with Crippen LogP contribution in [-0.2, 0) is 20.9 Å². The average Bonchev–Trinajstić information content (AvgIpc) is 3.11. The van der Waals surface area contributed by atoms with Gasteiger partial charge in [0.25, 0.3) is 5.91 Å². The van der Waals surface area contributed by atoms with Crippen LogP contribution < -0.4 is 5.32 Å². The lowest BCUT2D eigenvalue weighted by atomic mass is 10.1. The number of hydrogen-bond acceptors (Lipinski definition) is 6. The minimum absolute atomic E-state index is 0.107. The van der Waals surface area contributed by atoms with Crippen LogP contribution in [0.5, 0.6) is 0 Å². The van der Waals surface area contributed by atoms with Gasteiger partial charge in [-0.3, -0.25) is 9.59 Å². The minimum Gasteiger partial charge on any atom is -0.452 e. The molecule has 150 valence electrons. The van der Waals surface area contributed by atoms with E-state index >= 15 is 0 Å². The number of hydrogen-bond donors (Lipinski definition) is 1. The lowest BCUT2D eigenvalue weighted by molar-refractivity contribution is -0.137. The molecule has 0 aliphatic rings. The van der Waals surface area contributed by atoms with Gasteiger partial charge in [-0.15, -0.1) is 0 Å². The summed E-state index contributed by atoms with van der Waals surface area (Å²) >= 11 is 0. The van der Waals surface area contributed by atoms with Crippen molar-refractivity contribution in [2.24, 2.45) is 0 Å². The first-order valence-electron chi connectivity index (χ1n) is 8.77. The molecule has 0 bridgehead atoms. The molecular formula is C19H25N5O4. The SMILES string of the molecule is CN(CC(=O)NC(C)(C)C)C(=O)COC(=O)c1ccc(Cn2cncn2)cc1. The molecule has 0 saturated heterocycles. The van der Waals surface area contributed by atoms with Crippen LogP contribution in [0.15, 0.2) is 36.9 Å². The Bertz CT molecular complexity index is 810. The van der Waals surface area contributed by atoms with Gasteiger partial charge in [-0.1, -0.05) is 12.1 Å². The highest BCUT2D eigenvalue weighted by Crippen LogP contribution is 2.07. The molecule has 1 heterocycles. The molecule has 28 heavy (non-hydrogen) atoms. The third-order valence-corrected chi connectivity index (χ3v) is 3.65. The molecule has 0 aliphatic carbocycles. The highest BCUT2D eigenvalue weighted by molar-refractivity contribution is 5.92. The molecule has 0 atom stereocenters. The molecule has 0 saturated carbocycles. The molecule has 2 aromatic rings. The number of nitrogens with one attached hydrogen (secondary N) is 1. The Morgan fingerprint density at radius 3 is 2.43 bits per heavy atom. The zero-order valence-corrected chi connectivity index (χ0v) is 16.5. The zero-order valence-electron chi connectivity index (χ0n) is 16.5. The maximum Gasteiger partial charge on any atom is 0.338 e. The molecule has 0 spiro atoms. The second kappa shape index (κ2) is 9.12. The first-order valence-corrected chi connectivity index (χ1v) is 8.77. The Hall–Kier alpha value is -3.23. The molecule has 2 amide bonds. The van der Waals surface area contributed by atoms with Crippen molar-refractivity contribution in [1.82, 2.24) is 25.0 Å². The third kappa shape index (κ3) is 6.82. The first kappa shape index (κ1) is 21.1. The van der Waals surface area contributed by atoms with Gasteiger partial charge in [-0.05, 0) is 38.5 Å². The summed E-state index contributed by atoms with van der Waals surface area (Å²) in [5.74, 6) is -1.34.